The first-order valence-electron chi connectivity index (χ1n) is 5.95. The van der Waals surface area contributed by atoms with Crippen LogP contribution in [-0.2, 0) is 9.53 Å². The number of carbonyl (C=O) groups is 2. The number of hydrogen-bond acceptors (Lipinski definition) is 3. The van der Waals surface area contributed by atoms with E-state index in [0.29, 0.717) is 24.3 Å². The first-order chi connectivity index (χ1) is 9.00. The molecule has 19 heavy (non-hydrogen) atoms. The molecule has 0 aromatic heterocycles. The highest BCUT2D eigenvalue weighted by molar-refractivity contribution is 5.97. The Morgan fingerprint density at radius 3 is 2.84 bits per heavy atom. The van der Waals surface area contributed by atoms with Crippen molar-refractivity contribution in [1.29, 1.82) is 0 Å². The smallest absolute Gasteiger partial charge is 0.254 e. The molecule has 1 aliphatic rings. The van der Waals surface area contributed by atoms with Crippen molar-refractivity contribution in [2.75, 3.05) is 19.8 Å². The van der Waals surface area contributed by atoms with Crippen molar-refractivity contribution in [1.82, 2.24) is 4.90 Å². The zero-order chi connectivity index (χ0) is 14.0. The van der Waals surface area contributed by atoms with Crippen molar-refractivity contribution in [2.24, 2.45) is 5.73 Å². The third-order valence-electron chi connectivity index (χ3n) is 3.12. The van der Waals surface area contributed by atoms with Gasteiger partial charge >= 0.3 is 0 Å². The molecule has 0 radical (unpaired) electrons. The predicted molar refractivity (Wildman–Crippen MR) is 66.0 cm³/mol. The van der Waals surface area contributed by atoms with Gasteiger partial charge in [0.2, 0.25) is 5.91 Å². The molecule has 0 bridgehead atoms. The van der Waals surface area contributed by atoms with Gasteiger partial charge in [0, 0.05) is 12.1 Å². The molecule has 1 aliphatic heterocycles. The molecule has 1 saturated heterocycles. The third-order valence-corrected chi connectivity index (χ3v) is 3.12. The SMILES string of the molecule is Cc1cc(C(=O)N2CCOCC2C(N)=O)ccc1F. The lowest BCUT2D eigenvalue weighted by atomic mass is 10.1. The van der Waals surface area contributed by atoms with Crippen LogP contribution >= 0.6 is 0 Å². The molecule has 1 unspecified atom stereocenters. The van der Waals surface area contributed by atoms with Crippen LogP contribution in [0.1, 0.15) is 15.9 Å². The Morgan fingerprint density at radius 1 is 1.47 bits per heavy atom. The van der Waals surface area contributed by atoms with E-state index >= 15 is 0 Å². The fraction of sp³-hybridized carbons (Fsp3) is 0.385. The molecule has 0 saturated carbocycles. The first kappa shape index (κ1) is 13.5. The molecule has 5 nitrogen and oxygen atoms in total. The zero-order valence-electron chi connectivity index (χ0n) is 10.6. The van der Waals surface area contributed by atoms with Gasteiger partial charge in [-0.15, -0.1) is 0 Å². The lowest BCUT2D eigenvalue weighted by molar-refractivity contribution is -0.127. The van der Waals surface area contributed by atoms with E-state index in [1.807, 2.05) is 0 Å². The Kier molecular flexibility index (Phi) is 3.80. The van der Waals surface area contributed by atoms with Crippen LogP contribution in [0.5, 0.6) is 0 Å². The van der Waals surface area contributed by atoms with Gasteiger partial charge in [0.1, 0.15) is 11.9 Å². The number of nitrogens with two attached hydrogens (primary N) is 1. The highest BCUT2D eigenvalue weighted by Gasteiger charge is 2.31. The molecule has 102 valence electrons. The number of halogens is 1. The maximum Gasteiger partial charge on any atom is 0.254 e. The molecular weight excluding hydrogens is 251 g/mol. The predicted octanol–water partition coefficient (Wildman–Crippen LogP) is 0.460. The first-order valence-corrected chi connectivity index (χ1v) is 5.95. The Balaban J connectivity index is 2.26. The quantitative estimate of drug-likeness (QED) is 0.845. The van der Waals surface area contributed by atoms with Gasteiger partial charge in [-0.1, -0.05) is 0 Å². The van der Waals surface area contributed by atoms with E-state index in [4.69, 9.17) is 10.5 Å². The van der Waals surface area contributed by atoms with Gasteiger partial charge in [0.25, 0.3) is 5.91 Å². The van der Waals surface area contributed by atoms with Crippen molar-refractivity contribution in [3.63, 3.8) is 0 Å². The molecule has 2 rings (SSSR count). The lowest BCUT2D eigenvalue weighted by Gasteiger charge is -2.33. The Bertz CT molecular complexity index is 519. The van der Waals surface area contributed by atoms with Gasteiger partial charge in [-0.2, -0.15) is 0 Å². The van der Waals surface area contributed by atoms with E-state index in [1.165, 1.54) is 23.1 Å². The minimum Gasteiger partial charge on any atom is -0.377 e. The van der Waals surface area contributed by atoms with Crippen LogP contribution in [0.15, 0.2) is 18.2 Å². The summed E-state index contributed by atoms with van der Waals surface area (Å²) in [4.78, 5) is 25.0. The summed E-state index contributed by atoms with van der Waals surface area (Å²) >= 11 is 0. The van der Waals surface area contributed by atoms with Crippen LogP contribution < -0.4 is 5.73 Å². The van der Waals surface area contributed by atoms with Crippen molar-refractivity contribution in [3.05, 3.63) is 35.1 Å². The highest BCUT2D eigenvalue weighted by Crippen LogP contribution is 2.15. The number of hydrogen-bond donors (Lipinski definition) is 1. The number of rotatable bonds is 2. The maximum absolute atomic E-state index is 13.2. The topological polar surface area (TPSA) is 72.6 Å². The van der Waals surface area contributed by atoms with E-state index in [0.717, 1.165) is 0 Å². The standard InChI is InChI=1S/C13H15FN2O3/c1-8-6-9(2-3-10(8)14)13(18)16-4-5-19-7-11(16)12(15)17/h2-3,6,11H,4-5,7H2,1H3,(H2,15,17). The van der Waals surface area contributed by atoms with Gasteiger partial charge < -0.3 is 15.4 Å². The molecule has 1 aromatic rings. The Morgan fingerprint density at radius 2 is 2.21 bits per heavy atom. The van der Waals surface area contributed by atoms with Gasteiger partial charge in [-0.05, 0) is 30.7 Å². The largest absolute Gasteiger partial charge is 0.377 e. The second-order valence-corrected chi connectivity index (χ2v) is 4.46. The highest BCUT2D eigenvalue weighted by atomic mass is 19.1. The summed E-state index contributed by atoms with van der Waals surface area (Å²) in [5.41, 5.74) is 5.98. The molecule has 1 atom stereocenters. The van der Waals surface area contributed by atoms with E-state index in [1.54, 1.807) is 6.92 Å². The van der Waals surface area contributed by atoms with E-state index in [2.05, 4.69) is 0 Å². The van der Waals surface area contributed by atoms with Crippen LogP contribution in [0, 0.1) is 12.7 Å². The molecule has 1 aromatic carbocycles. The second-order valence-electron chi connectivity index (χ2n) is 4.46. The average molecular weight is 266 g/mol. The second kappa shape index (κ2) is 5.36. The molecular formula is C13H15FN2O3. The zero-order valence-corrected chi connectivity index (χ0v) is 10.6. The Labute approximate surface area is 110 Å². The van der Waals surface area contributed by atoms with Gasteiger partial charge in [-0.3, -0.25) is 9.59 Å². The molecule has 6 heteroatoms. The number of benzene rings is 1. The summed E-state index contributed by atoms with van der Waals surface area (Å²) < 4.78 is 18.3. The summed E-state index contributed by atoms with van der Waals surface area (Å²) in [6, 6.07) is 3.33. The Hall–Kier alpha value is -1.95. The van der Waals surface area contributed by atoms with Crippen molar-refractivity contribution in [3.8, 4) is 0 Å². The monoisotopic (exact) mass is 266 g/mol. The number of ether oxygens (including phenoxy) is 1. The van der Waals surface area contributed by atoms with E-state index in [-0.39, 0.29) is 18.3 Å². The maximum atomic E-state index is 13.2. The third kappa shape index (κ3) is 2.73. The van der Waals surface area contributed by atoms with Gasteiger partial charge in [-0.25, -0.2) is 4.39 Å². The fourth-order valence-electron chi connectivity index (χ4n) is 2.03. The summed E-state index contributed by atoms with van der Waals surface area (Å²) in [6.45, 7) is 2.33. The van der Waals surface area contributed by atoms with Gasteiger partial charge in [0.15, 0.2) is 0 Å². The number of morpholine rings is 1. The molecule has 0 aliphatic carbocycles. The van der Waals surface area contributed by atoms with Crippen molar-refractivity contribution < 1.29 is 18.7 Å². The number of amides is 2. The molecule has 2 amide bonds. The number of primary amides is 1. The van der Waals surface area contributed by atoms with Crippen LogP contribution in [0.2, 0.25) is 0 Å². The fourth-order valence-corrected chi connectivity index (χ4v) is 2.03. The summed E-state index contributed by atoms with van der Waals surface area (Å²) in [6.07, 6.45) is 0. The van der Waals surface area contributed by atoms with Crippen LogP contribution in [-0.4, -0.2) is 42.5 Å². The summed E-state index contributed by atoms with van der Waals surface area (Å²) in [5, 5.41) is 0. The molecule has 0 spiro atoms. The molecule has 1 fully saturated rings. The minimum atomic E-state index is -0.772. The van der Waals surface area contributed by atoms with Crippen molar-refractivity contribution >= 4 is 11.8 Å². The van der Waals surface area contributed by atoms with Crippen LogP contribution in [0.3, 0.4) is 0 Å². The average Bonchev–Trinajstić information content (AvgIpc) is 2.41. The molecule has 1 heterocycles. The minimum absolute atomic E-state index is 0.0985. The number of nitrogens with zero attached hydrogens (tertiary/aromatic N) is 1. The van der Waals surface area contributed by atoms with E-state index in [9.17, 15) is 14.0 Å². The normalized spacial score (nSPS) is 19.3. The molecule has 2 N–H and O–H groups in total. The summed E-state index contributed by atoms with van der Waals surface area (Å²) in [7, 11) is 0. The van der Waals surface area contributed by atoms with Crippen LogP contribution in [0.25, 0.3) is 0 Å². The van der Waals surface area contributed by atoms with E-state index < -0.39 is 11.9 Å². The van der Waals surface area contributed by atoms with Gasteiger partial charge in [0.05, 0.1) is 13.2 Å². The van der Waals surface area contributed by atoms with Crippen LogP contribution in [0.4, 0.5) is 4.39 Å². The number of carbonyl (C=O) groups excluding carboxylic acids is 2. The van der Waals surface area contributed by atoms with Crippen molar-refractivity contribution in [2.45, 2.75) is 13.0 Å². The lowest BCUT2D eigenvalue weighted by Crippen LogP contribution is -2.54. The number of aryl methyl sites for hydroxylation is 1. The summed E-state index contributed by atoms with van der Waals surface area (Å²) in [5.74, 6) is -1.31.